The van der Waals surface area contributed by atoms with Gasteiger partial charge in [-0.3, -0.25) is 4.98 Å². The van der Waals surface area contributed by atoms with Crippen LogP contribution in [0.3, 0.4) is 0 Å². The largest absolute Gasteiger partial charge is 0.472 e. The van der Waals surface area contributed by atoms with Gasteiger partial charge in [-0.25, -0.2) is 9.97 Å². The number of pyridine rings is 1. The van der Waals surface area contributed by atoms with Crippen molar-refractivity contribution in [1.82, 2.24) is 15.0 Å². The van der Waals surface area contributed by atoms with Crippen LogP contribution >= 0.6 is 11.3 Å². The Morgan fingerprint density at radius 3 is 3.09 bits per heavy atom. The van der Waals surface area contributed by atoms with Crippen LogP contribution in [0.2, 0.25) is 0 Å². The maximum absolute atomic E-state index is 5.12. The lowest BCUT2D eigenvalue weighted by atomic mass is 10.2. The summed E-state index contributed by atoms with van der Waals surface area (Å²) in [5.41, 5.74) is 3.11. The number of aromatic nitrogens is 3. The molecule has 5 nitrogen and oxygen atoms in total. The van der Waals surface area contributed by atoms with Gasteiger partial charge in [-0.2, -0.15) is 0 Å². The van der Waals surface area contributed by atoms with E-state index in [0.717, 1.165) is 28.8 Å². The Hall–Kier alpha value is -2.73. The first kappa shape index (κ1) is 13.0. The Bertz CT molecular complexity index is 896. The second kappa shape index (κ2) is 5.57. The summed E-state index contributed by atoms with van der Waals surface area (Å²) in [5, 5.41) is 6.48. The van der Waals surface area contributed by atoms with Crippen molar-refractivity contribution in [1.29, 1.82) is 0 Å². The second-order valence-electron chi connectivity index (χ2n) is 4.78. The number of thiophene rings is 1. The summed E-state index contributed by atoms with van der Waals surface area (Å²) in [4.78, 5) is 13.8. The number of furan rings is 1. The van der Waals surface area contributed by atoms with E-state index in [1.54, 1.807) is 42.6 Å². The molecule has 22 heavy (non-hydrogen) atoms. The van der Waals surface area contributed by atoms with E-state index < -0.39 is 0 Å². The summed E-state index contributed by atoms with van der Waals surface area (Å²) in [6, 6.07) is 6.04. The van der Waals surface area contributed by atoms with Crippen LogP contribution in [0.25, 0.3) is 22.0 Å². The maximum Gasteiger partial charge on any atom is 0.137 e. The fraction of sp³-hybridized carbons (Fsp3) is 0.0625. The van der Waals surface area contributed by atoms with Crippen molar-refractivity contribution in [2.24, 2.45) is 0 Å². The molecule has 0 fully saturated rings. The lowest BCUT2D eigenvalue weighted by Crippen LogP contribution is -2.01. The van der Waals surface area contributed by atoms with Crippen LogP contribution in [-0.2, 0) is 6.54 Å². The summed E-state index contributed by atoms with van der Waals surface area (Å²) in [5.74, 6) is 0.825. The molecule has 0 radical (unpaired) electrons. The third kappa shape index (κ3) is 2.44. The number of anilines is 1. The SMILES string of the molecule is c1cc2c(NCc3cc(-c4ccoc4)cs3)ncnc2cn1. The van der Waals surface area contributed by atoms with Crippen molar-refractivity contribution >= 4 is 28.1 Å². The van der Waals surface area contributed by atoms with Crippen LogP contribution in [0.5, 0.6) is 0 Å². The van der Waals surface area contributed by atoms with Gasteiger partial charge in [0, 0.05) is 22.0 Å². The normalized spacial score (nSPS) is 10.9. The molecular weight excluding hydrogens is 296 g/mol. The minimum Gasteiger partial charge on any atom is -0.472 e. The van der Waals surface area contributed by atoms with Gasteiger partial charge >= 0.3 is 0 Å². The molecule has 0 saturated carbocycles. The van der Waals surface area contributed by atoms with Crippen molar-refractivity contribution in [3.63, 3.8) is 0 Å². The maximum atomic E-state index is 5.12. The van der Waals surface area contributed by atoms with E-state index in [-0.39, 0.29) is 0 Å². The Labute approximate surface area is 130 Å². The predicted molar refractivity (Wildman–Crippen MR) is 86.7 cm³/mol. The molecule has 4 aromatic rings. The van der Waals surface area contributed by atoms with Gasteiger partial charge in [-0.05, 0) is 29.1 Å². The highest BCUT2D eigenvalue weighted by atomic mass is 32.1. The van der Waals surface area contributed by atoms with Crippen molar-refractivity contribution in [2.45, 2.75) is 6.54 Å². The van der Waals surface area contributed by atoms with Gasteiger partial charge in [-0.1, -0.05) is 0 Å². The molecule has 0 bridgehead atoms. The highest BCUT2D eigenvalue weighted by molar-refractivity contribution is 7.10. The van der Waals surface area contributed by atoms with Gasteiger partial charge in [0.25, 0.3) is 0 Å². The zero-order valence-corrected chi connectivity index (χ0v) is 12.4. The molecule has 0 unspecified atom stereocenters. The van der Waals surface area contributed by atoms with E-state index in [2.05, 4.69) is 31.7 Å². The Kier molecular flexibility index (Phi) is 3.29. The summed E-state index contributed by atoms with van der Waals surface area (Å²) in [6.45, 7) is 0.719. The smallest absolute Gasteiger partial charge is 0.137 e. The molecular formula is C16H12N4OS. The molecule has 1 N–H and O–H groups in total. The average molecular weight is 308 g/mol. The van der Waals surface area contributed by atoms with Gasteiger partial charge in [0.05, 0.1) is 30.8 Å². The summed E-state index contributed by atoms with van der Waals surface area (Å²) in [7, 11) is 0. The average Bonchev–Trinajstić information content (AvgIpc) is 3.24. The van der Waals surface area contributed by atoms with Crippen molar-refractivity contribution in [3.8, 4) is 11.1 Å². The molecule has 0 aliphatic rings. The monoisotopic (exact) mass is 308 g/mol. The van der Waals surface area contributed by atoms with Crippen LogP contribution in [0, 0.1) is 0 Å². The number of nitrogens with zero attached hydrogens (tertiary/aromatic N) is 3. The van der Waals surface area contributed by atoms with E-state index in [1.165, 1.54) is 10.4 Å². The summed E-state index contributed by atoms with van der Waals surface area (Å²) >= 11 is 1.71. The van der Waals surface area contributed by atoms with Crippen LogP contribution in [0.4, 0.5) is 5.82 Å². The van der Waals surface area contributed by atoms with Gasteiger partial charge in [0.15, 0.2) is 0 Å². The number of hydrogen-bond acceptors (Lipinski definition) is 6. The number of rotatable bonds is 4. The van der Waals surface area contributed by atoms with Gasteiger partial charge in [0.2, 0.25) is 0 Å². The van der Waals surface area contributed by atoms with Crippen molar-refractivity contribution < 1.29 is 4.42 Å². The standard InChI is InChI=1S/C16H12N4OS/c1-3-17-7-15-14(1)16(20-10-19-15)18-6-13-5-12(9-22-13)11-2-4-21-8-11/h1-5,7-10H,6H2,(H,18,19,20). The van der Waals surface area contributed by atoms with Gasteiger partial charge < -0.3 is 9.73 Å². The minimum atomic E-state index is 0.719. The third-order valence-corrected chi connectivity index (χ3v) is 4.31. The van der Waals surface area contributed by atoms with E-state index in [1.807, 2.05) is 12.1 Å². The first-order chi connectivity index (χ1) is 10.9. The van der Waals surface area contributed by atoms with Gasteiger partial charge in [0.1, 0.15) is 12.1 Å². The van der Waals surface area contributed by atoms with E-state index in [4.69, 9.17) is 4.42 Å². The zero-order chi connectivity index (χ0) is 14.8. The fourth-order valence-corrected chi connectivity index (χ4v) is 3.11. The molecule has 6 heteroatoms. The molecule has 0 spiro atoms. The molecule has 0 aliphatic carbocycles. The van der Waals surface area contributed by atoms with Crippen molar-refractivity contribution in [2.75, 3.05) is 5.32 Å². The van der Waals surface area contributed by atoms with E-state index in [9.17, 15) is 0 Å². The molecule has 4 aromatic heterocycles. The minimum absolute atomic E-state index is 0.719. The molecule has 4 heterocycles. The Morgan fingerprint density at radius 1 is 1.18 bits per heavy atom. The second-order valence-corrected chi connectivity index (χ2v) is 5.78. The summed E-state index contributed by atoms with van der Waals surface area (Å²) < 4.78 is 5.12. The van der Waals surface area contributed by atoms with Crippen LogP contribution in [-0.4, -0.2) is 15.0 Å². The Morgan fingerprint density at radius 2 is 2.18 bits per heavy atom. The number of nitrogens with one attached hydrogen (secondary N) is 1. The van der Waals surface area contributed by atoms with Gasteiger partial charge in [-0.15, -0.1) is 11.3 Å². The van der Waals surface area contributed by atoms with Crippen LogP contribution in [0.1, 0.15) is 4.88 Å². The number of fused-ring (bicyclic) bond motifs is 1. The molecule has 0 amide bonds. The lowest BCUT2D eigenvalue weighted by Gasteiger charge is -2.06. The Balaban J connectivity index is 1.55. The summed E-state index contributed by atoms with van der Waals surface area (Å²) in [6.07, 6.45) is 8.48. The first-order valence-corrected chi connectivity index (χ1v) is 7.67. The van der Waals surface area contributed by atoms with E-state index >= 15 is 0 Å². The number of hydrogen-bond donors (Lipinski definition) is 1. The van der Waals surface area contributed by atoms with Crippen LogP contribution < -0.4 is 5.32 Å². The molecule has 4 rings (SSSR count). The van der Waals surface area contributed by atoms with Crippen LogP contribution in [0.15, 0.2) is 59.2 Å². The van der Waals surface area contributed by atoms with E-state index in [0.29, 0.717) is 0 Å². The first-order valence-electron chi connectivity index (χ1n) is 6.79. The zero-order valence-electron chi connectivity index (χ0n) is 11.6. The molecule has 0 saturated heterocycles. The highest BCUT2D eigenvalue weighted by Gasteiger charge is 2.06. The lowest BCUT2D eigenvalue weighted by molar-refractivity contribution is 0.568. The fourth-order valence-electron chi connectivity index (χ4n) is 2.27. The molecule has 108 valence electrons. The predicted octanol–water partition coefficient (Wildman–Crippen LogP) is 3.96. The molecule has 0 atom stereocenters. The molecule has 0 aliphatic heterocycles. The van der Waals surface area contributed by atoms with Crippen molar-refractivity contribution in [3.05, 3.63) is 59.7 Å². The molecule has 0 aromatic carbocycles. The quantitative estimate of drug-likeness (QED) is 0.618. The highest BCUT2D eigenvalue weighted by Crippen LogP contribution is 2.27. The third-order valence-electron chi connectivity index (χ3n) is 3.38. The topological polar surface area (TPSA) is 63.8 Å².